The van der Waals surface area contributed by atoms with Crippen LogP contribution in [0, 0.1) is 0 Å². The van der Waals surface area contributed by atoms with Crippen LogP contribution in [0.5, 0.6) is 0 Å². The molecule has 0 atom stereocenters. The van der Waals surface area contributed by atoms with E-state index in [1.54, 1.807) is 30.3 Å². The van der Waals surface area contributed by atoms with Crippen LogP contribution in [0.4, 0.5) is 5.69 Å². The van der Waals surface area contributed by atoms with E-state index in [1.165, 1.54) is 12.5 Å². The van der Waals surface area contributed by atoms with E-state index in [0.717, 1.165) is 0 Å². The topological polar surface area (TPSA) is 42.2 Å². The molecule has 0 unspecified atom stereocenters. The molecule has 0 bridgehead atoms. The first-order valence-corrected chi connectivity index (χ1v) is 4.72. The monoisotopic (exact) mass is 221 g/mol. The second-order valence-electron chi connectivity index (χ2n) is 2.98. The Bertz CT molecular complexity index is 465. The zero-order valence-electron chi connectivity index (χ0n) is 7.74. The molecular weight excluding hydrogens is 214 g/mol. The Labute approximate surface area is 91.7 Å². The summed E-state index contributed by atoms with van der Waals surface area (Å²) in [6.07, 6.45) is 2.84. The molecule has 1 amide bonds. The van der Waals surface area contributed by atoms with Crippen molar-refractivity contribution in [3.63, 3.8) is 0 Å². The van der Waals surface area contributed by atoms with Crippen molar-refractivity contribution in [2.75, 3.05) is 5.32 Å². The summed E-state index contributed by atoms with van der Waals surface area (Å²) < 4.78 is 4.81. The molecule has 4 heteroatoms. The van der Waals surface area contributed by atoms with Crippen molar-refractivity contribution in [1.82, 2.24) is 0 Å². The number of carbonyl (C=O) groups is 1. The number of rotatable bonds is 2. The van der Waals surface area contributed by atoms with E-state index in [1.807, 2.05) is 0 Å². The fraction of sp³-hybridized carbons (Fsp3) is 0. The van der Waals surface area contributed by atoms with E-state index in [4.69, 9.17) is 16.0 Å². The predicted molar refractivity (Wildman–Crippen MR) is 58.1 cm³/mol. The molecule has 0 aliphatic carbocycles. The lowest BCUT2D eigenvalue weighted by atomic mass is 10.3. The van der Waals surface area contributed by atoms with E-state index in [-0.39, 0.29) is 5.91 Å². The van der Waals surface area contributed by atoms with Gasteiger partial charge in [-0.2, -0.15) is 0 Å². The lowest BCUT2D eigenvalue weighted by Gasteiger charge is -2.02. The Morgan fingerprint density at radius 2 is 2.20 bits per heavy atom. The van der Waals surface area contributed by atoms with Gasteiger partial charge in [-0.25, -0.2) is 0 Å². The number of amides is 1. The Kier molecular flexibility index (Phi) is 2.74. The van der Waals surface area contributed by atoms with Crippen LogP contribution in [-0.2, 0) is 0 Å². The number of hydrogen-bond acceptors (Lipinski definition) is 2. The average Bonchev–Trinajstić information content (AvgIpc) is 2.70. The summed E-state index contributed by atoms with van der Waals surface area (Å²) in [7, 11) is 0. The van der Waals surface area contributed by atoms with Crippen LogP contribution < -0.4 is 5.32 Å². The number of halogens is 1. The molecular formula is C11H8ClNO2. The highest BCUT2D eigenvalue weighted by atomic mass is 35.5. The molecule has 0 radical (unpaired) electrons. The summed E-state index contributed by atoms with van der Waals surface area (Å²) in [6.45, 7) is 0. The SMILES string of the molecule is O=C(Nc1cccc(Cl)c1)c1ccoc1. The summed E-state index contributed by atoms with van der Waals surface area (Å²) in [5.41, 5.74) is 1.14. The Hall–Kier alpha value is -1.74. The molecule has 3 nitrogen and oxygen atoms in total. The highest BCUT2D eigenvalue weighted by Gasteiger charge is 2.06. The maximum atomic E-state index is 11.6. The second kappa shape index (κ2) is 4.19. The zero-order valence-corrected chi connectivity index (χ0v) is 8.49. The first kappa shape index (κ1) is 9.80. The number of nitrogens with one attached hydrogen (secondary N) is 1. The van der Waals surface area contributed by atoms with E-state index < -0.39 is 0 Å². The van der Waals surface area contributed by atoms with Crippen LogP contribution >= 0.6 is 11.6 Å². The minimum atomic E-state index is -0.217. The molecule has 0 saturated heterocycles. The third-order valence-electron chi connectivity index (χ3n) is 1.87. The molecule has 0 fully saturated rings. The third-order valence-corrected chi connectivity index (χ3v) is 2.10. The quantitative estimate of drug-likeness (QED) is 0.846. The Morgan fingerprint density at radius 3 is 2.87 bits per heavy atom. The van der Waals surface area contributed by atoms with Crippen molar-refractivity contribution in [3.05, 3.63) is 53.4 Å². The second-order valence-corrected chi connectivity index (χ2v) is 3.41. The molecule has 0 spiro atoms. The highest BCUT2D eigenvalue weighted by Crippen LogP contribution is 2.15. The molecule has 1 heterocycles. The van der Waals surface area contributed by atoms with Gasteiger partial charge in [0.1, 0.15) is 6.26 Å². The van der Waals surface area contributed by atoms with Gasteiger partial charge < -0.3 is 9.73 Å². The van der Waals surface area contributed by atoms with Crippen LogP contribution in [0.2, 0.25) is 5.02 Å². The van der Waals surface area contributed by atoms with Crippen LogP contribution in [0.3, 0.4) is 0 Å². The summed E-state index contributed by atoms with van der Waals surface area (Å²) in [6, 6.07) is 8.56. The van der Waals surface area contributed by atoms with Gasteiger partial charge in [-0.3, -0.25) is 4.79 Å². The molecule has 2 aromatic rings. The van der Waals surface area contributed by atoms with Crippen molar-refractivity contribution in [2.24, 2.45) is 0 Å². The van der Waals surface area contributed by atoms with Gasteiger partial charge in [-0.15, -0.1) is 0 Å². The number of benzene rings is 1. The molecule has 1 aromatic carbocycles. The normalized spacial score (nSPS) is 9.93. The van der Waals surface area contributed by atoms with E-state index in [0.29, 0.717) is 16.3 Å². The van der Waals surface area contributed by atoms with Gasteiger partial charge in [0.2, 0.25) is 0 Å². The molecule has 76 valence electrons. The molecule has 1 N–H and O–H groups in total. The molecule has 15 heavy (non-hydrogen) atoms. The standard InChI is InChI=1S/C11H8ClNO2/c12-9-2-1-3-10(6-9)13-11(14)8-4-5-15-7-8/h1-7H,(H,13,14). The minimum absolute atomic E-state index is 0.217. The van der Waals surface area contributed by atoms with Crippen LogP contribution in [0.15, 0.2) is 47.3 Å². The number of carbonyl (C=O) groups excluding carboxylic acids is 1. The first-order valence-electron chi connectivity index (χ1n) is 4.35. The molecule has 2 rings (SSSR count). The summed E-state index contributed by atoms with van der Waals surface area (Å²) in [5.74, 6) is -0.217. The fourth-order valence-electron chi connectivity index (χ4n) is 1.16. The van der Waals surface area contributed by atoms with Gasteiger partial charge >= 0.3 is 0 Å². The smallest absolute Gasteiger partial charge is 0.258 e. The maximum Gasteiger partial charge on any atom is 0.258 e. The van der Waals surface area contributed by atoms with Gasteiger partial charge in [0, 0.05) is 10.7 Å². The Morgan fingerprint density at radius 1 is 1.33 bits per heavy atom. The van der Waals surface area contributed by atoms with E-state index >= 15 is 0 Å². The summed E-state index contributed by atoms with van der Waals surface area (Å²) in [5, 5.41) is 3.29. The maximum absolute atomic E-state index is 11.6. The predicted octanol–water partition coefficient (Wildman–Crippen LogP) is 3.19. The largest absolute Gasteiger partial charge is 0.472 e. The lowest BCUT2D eigenvalue weighted by Crippen LogP contribution is -2.10. The van der Waals surface area contributed by atoms with Crippen molar-refractivity contribution in [2.45, 2.75) is 0 Å². The van der Waals surface area contributed by atoms with E-state index in [2.05, 4.69) is 5.32 Å². The van der Waals surface area contributed by atoms with Gasteiger partial charge in [0.25, 0.3) is 5.91 Å². The highest BCUT2D eigenvalue weighted by molar-refractivity contribution is 6.30. The van der Waals surface area contributed by atoms with Gasteiger partial charge in [0.05, 0.1) is 11.8 Å². The van der Waals surface area contributed by atoms with Crippen LogP contribution in [-0.4, -0.2) is 5.91 Å². The van der Waals surface area contributed by atoms with Crippen LogP contribution in [0.25, 0.3) is 0 Å². The van der Waals surface area contributed by atoms with Crippen molar-refractivity contribution in [1.29, 1.82) is 0 Å². The molecule has 0 aliphatic heterocycles. The van der Waals surface area contributed by atoms with Crippen molar-refractivity contribution >= 4 is 23.2 Å². The number of furan rings is 1. The average molecular weight is 222 g/mol. The molecule has 0 saturated carbocycles. The number of anilines is 1. The molecule has 1 aromatic heterocycles. The molecule has 0 aliphatic rings. The number of hydrogen-bond donors (Lipinski definition) is 1. The van der Waals surface area contributed by atoms with Crippen LogP contribution in [0.1, 0.15) is 10.4 Å². The minimum Gasteiger partial charge on any atom is -0.472 e. The van der Waals surface area contributed by atoms with Gasteiger partial charge in [-0.1, -0.05) is 17.7 Å². The van der Waals surface area contributed by atoms with Crippen molar-refractivity contribution in [3.8, 4) is 0 Å². The van der Waals surface area contributed by atoms with Crippen molar-refractivity contribution < 1.29 is 9.21 Å². The van der Waals surface area contributed by atoms with Gasteiger partial charge in [0.15, 0.2) is 0 Å². The fourth-order valence-corrected chi connectivity index (χ4v) is 1.35. The summed E-state index contributed by atoms with van der Waals surface area (Å²) >= 11 is 5.78. The third kappa shape index (κ3) is 2.39. The van der Waals surface area contributed by atoms with E-state index in [9.17, 15) is 4.79 Å². The Balaban J connectivity index is 2.13. The zero-order chi connectivity index (χ0) is 10.7. The summed E-state index contributed by atoms with van der Waals surface area (Å²) in [4.78, 5) is 11.6. The lowest BCUT2D eigenvalue weighted by molar-refractivity contribution is 0.102. The van der Waals surface area contributed by atoms with Gasteiger partial charge in [-0.05, 0) is 24.3 Å². The first-order chi connectivity index (χ1) is 7.25.